The lowest BCUT2D eigenvalue weighted by Crippen LogP contribution is -2.18. The first kappa shape index (κ1) is 19.7. The van der Waals surface area contributed by atoms with Crippen molar-refractivity contribution in [3.8, 4) is 0 Å². The molecule has 0 spiro atoms. The molecule has 23 heavy (non-hydrogen) atoms. The number of sulfone groups is 1. The van der Waals surface area contributed by atoms with Crippen molar-refractivity contribution in [3.63, 3.8) is 0 Å². The first-order valence-corrected chi connectivity index (χ1v) is 8.18. The van der Waals surface area contributed by atoms with Gasteiger partial charge in [0.25, 0.3) is 0 Å². The van der Waals surface area contributed by atoms with Crippen LogP contribution in [0.15, 0.2) is 11.0 Å². The van der Waals surface area contributed by atoms with E-state index in [1.807, 2.05) is 0 Å². The Morgan fingerprint density at radius 1 is 1.39 bits per heavy atom. The van der Waals surface area contributed by atoms with Gasteiger partial charge in [-0.05, 0) is 11.6 Å². The molecule has 0 amide bonds. The van der Waals surface area contributed by atoms with Crippen LogP contribution < -0.4 is 0 Å². The zero-order chi connectivity index (χ0) is 18.0. The van der Waals surface area contributed by atoms with Crippen molar-refractivity contribution in [2.24, 2.45) is 0 Å². The summed E-state index contributed by atoms with van der Waals surface area (Å²) in [6, 6.07) is 0.855. The standard InChI is InChI=1S/C12H12ClF3O6S/c1-23(20,21)10-6(3-17)2-7(11(18)19)9(13)8(10)4-22-5-12(14,15)16/h2,17H,3-5H2,1H3,(H,18,19). The molecule has 2 N–H and O–H groups in total. The van der Waals surface area contributed by atoms with Crippen molar-refractivity contribution in [2.45, 2.75) is 24.3 Å². The Labute approximate surface area is 134 Å². The average molecular weight is 377 g/mol. The second kappa shape index (κ2) is 7.04. The molecule has 0 saturated heterocycles. The Morgan fingerprint density at radius 3 is 2.35 bits per heavy atom. The molecule has 1 rings (SSSR count). The number of carbonyl (C=O) groups is 1. The number of aromatic carboxylic acids is 1. The minimum absolute atomic E-state index is 0.292. The molecule has 0 bridgehead atoms. The van der Waals surface area contributed by atoms with Crippen LogP contribution >= 0.6 is 11.6 Å². The molecule has 0 fully saturated rings. The number of benzene rings is 1. The van der Waals surface area contributed by atoms with Gasteiger partial charge in [-0.15, -0.1) is 0 Å². The predicted octanol–water partition coefficient (Wildman–Crippen LogP) is 2.01. The van der Waals surface area contributed by atoms with Gasteiger partial charge in [0.2, 0.25) is 0 Å². The fourth-order valence-electron chi connectivity index (χ4n) is 1.89. The number of halogens is 4. The molecule has 0 aromatic heterocycles. The summed E-state index contributed by atoms with van der Waals surface area (Å²) in [5, 5.41) is 17.7. The topological polar surface area (TPSA) is 101 Å². The fourth-order valence-corrected chi connectivity index (χ4v) is 3.44. The van der Waals surface area contributed by atoms with E-state index in [2.05, 4.69) is 4.74 Å². The number of rotatable bonds is 6. The lowest BCUT2D eigenvalue weighted by Gasteiger charge is -2.17. The Balaban J connectivity index is 3.49. The number of ether oxygens (including phenoxy) is 1. The largest absolute Gasteiger partial charge is 0.478 e. The van der Waals surface area contributed by atoms with E-state index >= 15 is 0 Å². The lowest BCUT2D eigenvalue weighted by molar-refractivity contribution is -0.176. The van der Waals surface area contributed by atoms with E-state index in [-0.39, 0.29) is 5.56 Å². The third-order valence-electron chi connectivity index (χ3n) is 2.67. The third-order valence-corrected chi connectivity index (χ3v) is 4.35. The van der Waals surface area contributed by atoms with Gasteiger partial charge in [-0.3, -0.25) is 0 Å². The Hall–Kier alpha value is -1.36. The van der Waals surface area contributed by atoms with Gasteiger partial charge in [-0.1, -0.05) is 11.6 Å². The molecule has 0 atom stereocenters. The summed E-state index contributed by atoms with van der Waals surface area (Å²) in [6.45, 7) is -3.39. The van der Waals surface area contributed by atoms with Crippen LogP contribution in [0, 0.1) is 0 Å². The van der Waals surface area contributed by atoms with E-state index in [0.29, 0.717) is 0 Å². The minimum Gasteiger partial charge on any atom is -0.478 e. The van der Waals surface area contributed by atoms with Crippen LogP contribution in [-0.4, -0.2) is 43.6 Å². The summed E-state index contributed by atoms with van der Waals surface area (Å²) in [6.07, 6.45) is -3.90. The third kappa shape index (κ3) is 5.06. The number of carboxylic acid groups (broad SMARTS) is 1. The molecule has 0 unspecified atom stereocenters. The molecule has 0 radical (unpaired) electrons. The summed E-state index contributed by atoms with van der Waals surface area (Å²) in [5.41, 5.74) is -1.28. The van der Waals surface area contributed by atoms with E-state index in [4.69, 9.17) is 16.7 Å². The number of aliphatic hydroxyl groups excluding tert-OH is 1. The van der Waals surface area contributed by atoms with Crippen molar-refractivity contribution in [1.82, 2.24) is 0 Å². The Kier molecular flexibility index (Phi) is 6.02. The number of carboxylic acids is 1. The molecule has 0 saturated carbocycles. The van der Waals surface area contributed by atoms with Crippen LogP contribution in [-0.2, 0) is 27.8 Å². The highest BCUT2D eigenvalue weighted by molar-refractivity contribution is 7.90. The zero-order valence-corrected chi connectivity index (χ0v) is 13.2. The molecule has 11 heteroatoms. The molecule has 0 aliphatic heterocycles. The summed E-state index contributed by atoms with van der Waals surface area (Å²) in [5.74, 6) is -1.53. The number of hydrogen-bond donors (Lipinski definition) is 2. The van der Waals surface area contributed by atoms with Gasteiger partial charge in [0, 0.05) is 11.8 Å². The van der Waals surface area contributed by atoms with Crippen molar-refractivity contribution in [1.29, 1.82) is 0 Å². The van der Waals surface area contributed by atoms with Crippen molar-refractivity contribution in [2.75, 3.05) is 12.9 Å². The van der Waals surface area contributed by atoms with Crippen molar-refractivity contribution >= 4 is 27.4 Å². The van der Waals surface area contributed by atoms with Crippen LogP contribution in [0.4, 0.5) is 13.2 Å². The summed E-state index contributed by atoms with van der Waals surface area (Å²) < 4.78 is 64.5. The van der Waals surface area contributed by atoms with E-state index < -0.39 is 62.8 Å². The highest BCUT2D eigenvalue weighted by Crippen LogP contribution is 2.32. The lowest BCUT2D eigenvalue weighted by atomic mass is 10.1. The number of hydrogen-bond acceptors (Lipinski definition) is 5. The van der Waals surface area contributed by atoms with Gasteiger partial charge < -0.3 is 14.9 Å². The average Bonchev–Trinajstić information content (AvgIpc) is 2.36. The molecule has 0 aliphatic carbocycles. The van der Waals surface area contributed by atoms with Crippen LogP contribution in [0.2, 0.25) is 5.02 Å². The normalized spacial score (nSPS) is 12.4. The zero-order valence-electron chi connectivity index (χ0n) is 11.6. The van der Waals surface area contributed by atoms with Gasteiger partial charge in [0.15, 0.2) is 9.84 Å². The van der Waals surface area contributed by atoms with Crippen LogP contribution in [0.5, 0.6) is 0 Å². The maximum absolute atomic E-state index is 12.1. The summed E-state index contributed by atoms with van der Waals surface area (Å²) in [4.78, 5) is 10.6. The van der Waals surface area contributed by atoms with E-state index in [9.17, 15) is 31.5 Å². The Morgan fingerprint density at radius 2 is 1.96 bits per heavy atom. The highest BCUT2D eigenvalue weighted by atomic mass is 35.5. The maximum atomic E-state index is 12.1. The molecule has 6 nitrogen and oxygen atoms in total. The maximum Gasteiger partial charge on any atom is 0.411 e. The quantitative estimate of drug-likeness (QED) is 0.787. The van der Waals surface area contributed by atoms with Crippen LogP contribution in [0.25, 0.3) is 0 Å². The fraction of sp³-hybridized carbons (Fsp3) is 0.417. The van der Waals surface area contributed by atoms with Crippen molar-refractivity contribution in [3.05, 3.63) is 27.8 Å². The number of aliphatic hydroxyl groups is 1. The molecule has 130 valence electrons. The van der Waals surface area contributed by atoms with Crippen LogP contribution in [0.3, 0.4) is 0 Å². The second-order valence-electron chi connectivity index (χ2n) is 4.55. The molecule has 0 heterocycles. The van der Waals surface area contributed by atoms with E-state index in [0.717, 1.165) is 12.3 Å². The number of alkyl halides is 3. The van der Waals surface area contributed by atoms with Gasteiger partial charge in [0.05, 0.1) is 28.7 Å². The van der Waals surface area contributed by atoms with Crippen molar-refractivity contribution < 1.29 is 41.3 Å². The SMILES string of the molecule is CS(=O)(=O)c1c(CO)cc(C(=O)O)c(Cl)c1COCC(F)(F)F. The molecular weight excluding hydrogens is 365 g/mol. The van der Waals surface area contributed by atoms with E-state index in [1.165, 1.54) is 0 Å². The summed E-state index contributed by atoms with van der Waals surface area (Å²) >= 11 is 5.81. The van der Waals surface area contributed by atoms with E-state index in [1.54, 1.807) is 0 Å². The molecule has 0 aliphatic rings. The Bertz CT molecular complexity index is 714. The van der Waals surface area contributed by atoms with Gasteiger partial charge in [-0.25, -0.2) is 13.2 Å². The van der Waals surface area contributed by atoms with Gasteiger partial charge in [-0.2, -0.15) is 13.2 Å². The molecule has 1 aromatic rings. The predicted molar refractivity (Wildman–Crippen MR) is 73.2 cm³/mol. The minimum atomic E-state index is -4.65. The van der Waals surface area contributed by atoms with Crippen LogP contribution in [0.1, 0.15) is 21.5 Å². The monoisotopic (exact) mass is 376 g/mol. The first-order valence-electron chi connectivity index (χ1n) is 5.91. The van der Waals surface area contributed by atoms with Gasteiger partial charge in [0.1, 0.15) is 6.61 Å². The highest BCUT2D eigenvalue weighted by Gasteiger charge is 2.30. The smallest absolute Gasteiger partial charge is 0.411 e. The molecular formula is C12H12ClF3O6S. The molecule has 1 aromatic carbocycles. The van der Waals surface area contributed by atoms with Gasteiger partial charge >= 0.3 is 12.1 Å². The second-order valence-corrected chi connectivity index (χ2v) is 6.88. The summed E-state index contributed by atoms with van der Waals surface area (Å²) in [7, 11) is -4.01. The first-order chi connectivity index (χ1) is 10.4.